The Labute approximate surface area is 73.7 Å². The highest BCUT2D eigenvalue weighted by Gasteiger charge is 2.12. The van der Waals surface area contributed by atoms with Crippen LogP contribution in [0.25, 0.3) is 0 Å². The first-order valence-electron chi connectivity index (χ1n) is 4.11. The molecule has 12 heavy (non-hydrogen) atoms. The Bertz CT molecular complexity index is 183. The fraction of sp³-hybridized carbons (Fsp3) is 0.667. The minimum absolute atomic E-state index is 0.0140. The number of carbonyl (C=O) groups excluding carboxylic acids is 1. The van der Waals surface area contributed by atoms with Gasteiger partial charge in [-0.05, 0) is 13.3 Å². The van der Waals surface area contributed by atoms with Crippen LogP contribution < -0.4 is 11.1 Å². The molecule has 0 aromatic heterocycles. The van der Waals surface area contributed by atoms with E-state index in [4.69, 9.17) is 12.2 Å². The van der Waals surface area contributed by atoms with Crippen molar-refractivity contribution < 1.29 is 4.79 Å². The molecule has 3 heteroatoms. The van der Waals surface area contributed by atoms with Crippen molar-refractivity contribution in [2.75, 3.05) is 0 Å². The van der Waals surface area contributed by atoms with Crippen molar-refractivity contribution in [2.24, 2.45) is 5.73 Å². The number of carbonyl (C=O) groups is 1. The average Bonchev–Trinajstić information content (AvgIpc) is 2.03. The molecule has 2 atom stereocenters. The van der Waals surface area contributed by atoms with Gasteiger partial charge in [0.1, 0.15) is 0 Å². The summed E-state index contributed by atoms with van der Waals surface area (Å²) in [5, 5.41) is 2.73. The number of nitrogens with two attached hydrogens (primary N) is 1. The maximum atomic E-state index is 11.2. The highest BCUT2D eigenvalue weighted by atomic mass is 16.2. The van der Waals surface area contributed by atoms with Crippen LogP contribution >= 0.6 is 0 Å². The summed E-state index contributed by atoms with van der Waals surface area (Å²) < 4.78 is 0. The van der Waals surface area contributed by atoms with E-state index in [1.807, 2.05) is 13.8 Å². The summed E-state index contributed by atoms with van der Waals surface area (Å²) in [6.45, 7) is 3.73. The van der Waals surface area contributed by atoms with Crippen LogP contribution in [0.1, 0.15) is 26.7 Å². The Balaban J connectivity index is 3.77. The van der Waals surface area contributed by atoms with Crippen molar-refractivity contribution in [3.05, 3.63) is 0 Å². The standard InChI is InChI=1S/C9H16N2O/c1-4-6-7(3)11-9(12)8(10)5-2/h1,7-8H,5-6,10H2,2-3H3,(H,11,12)/t7?,8-/m0/s1. The van der Waals surface area contributed by atoms with Crippen LogP contribution in [0.4, 0.5) is 0 Å². The van der Waals surface area contributed by atoms with E-state index in [0.29, 0.717) is 12.8 Å². The van der Waals surface area contributed by atoms with E-state index in [-0.39, 0.29) is 11.9 Å². The Kier molecular flexibility index (Phi) is 5.14. The van der Waals surface area contributed by atoms with E-state index < -0.39 is 6.04 Å². The zero-order chi connectivity index (χ0) is 9.56. The molecule has 3 nitrogen and oxygen atoms in total. The Morgan fingerprint density at radius 2 is 2.33 bits per heavy atom. The molecular weight excluding hydrogens is 152 g/mol. The fourth-order valence-electron chi connectivity index (χ4n) is 0.763. The van der Waals surface area contributed by atoms with E-state index in [1.54, 1.807) is 0 Å². The third kappa shape index (κ3) is 3.99. The Morgan fingerprint density at radius 1 is 1.75 bits per heavy atom. The van der Waals surface area contributed by atoms with Gasteiger partial charge in [0.2, 0.25) is 5.91 Å². The van der Waals surface area contributed by atoms with Crippen LogP contribution in [0.3, 0.4) is 0 Å². The molecule has 0 aliphatic heterocycles. The minimum Gasteiger partial charge on any atom is -0.351 e. The first-order chi connectivity index (χ1) is 5.61. The van der Waals surface area contributed by atoms with Gasteiger partial charge in [0.05, 0.1) is 6.04 Å². The maximum Gasteiger partial charge on any atom is 0.237 e. The lowest BCUT2D eigenvalue weighted by atomic mass is 10.2. The second kappa shape index (κ2) is 5.62. The molecule has 0 aromatic rings. The second-order valence-corrected chi connectivity index (χ2v) is 2.83. The summed E-state index contributed by atoms with van der Waals surface area (Å²) in [6, 6.07) is -0.398. The van der Waals surface area contributed by atoms with Gasteiger partial charge in [0, 0.05) is 12.5 Å². The molecule has 1 amide bonds. The first kappa shape index (κ1) is 11.0. The molecule has 0 heterocycles. The molecule has 0 radical (unpaired) electrons. The molecule has 0 aromatic carbocycles. The normalized spacial score (nSPS) is 14.5. The second-order valence-electron chi connectivity index (χ2n) is 2.83. The number of nitrogens with one attached hydrogen (secondary N) is 1. The lowest BCUT2D eigenvalue weighted by molar-refractivity contribution is -0.122. The average molecular weight is 168 g/mol. The third-order valence-electron chi connectivity index (χ3n) is 1.59. The van der Waals surface area contributed by atoms with Gasteiger partial charge in [-0.1, -0.05) is 6.92 Å². The summed E-state index contributed by atoms with van der Waals surface area (Å²) >= 11 is 0. The number of terminal acetylenes is 1. The lowest BCUT2D eigenvalue weighted by Crippen LogP contribution is -2.43. The predicted octanol–water partition coefficient (Wildman–Crippen LogP) is 0.252. The molecule has 0 aliphatic carbocycles. The maximum absolute atomic E-state index is 11.2. The zero-order valence-electron chi connectivity index (χ0n) is 7.63. The quantitative estimate of drug-likeness (QED) is 0.591. The molecule has 0 spiro atoms. The number of rotatable bonds is 4. The van der Waals surface area contributed by atoms with Gasteiger partial charge in [-0.25, -0.2) is 0 Å². The summed E-state index contributed by atoms with van der Waals surface area (Å²) in [5.41, 5.74) is 5.50. The van der Waals surface area contributed by atoms with Crippen molar-refractivity contribution in [3.63, 3.8) is 0 Å². The van der Waals surface area contributed by atoms with Crippen molar-refractivity contribution in [2.45, 2.75) is 38.8 Å². The SMILES string of the molecule is C#CCC(C)NC(=O)[C@@H](N)CC. The third-order valence-corrected chi connectivity index (χ3v) is 1.59. The van der Waals surface area contributed by atoms with Crippen LogP contribution in [0.15, 0.2) is 0 Å². The summed E-state index contributed by atoms with van der Waals surface area (Å²) in [7, 11) is 0. The summed E-state index contributed by atoms with van der Waals surface area (Å²) in [4.78, 5) is 11.2. The molecular formula is C9H16N2O. The van der Waals surface area contributed by atoms with E-state index in [2.05, 4.69) is 11.2 Å². The van der Waals surface area contributed by atoms with Crippen LogP contribution in [-0.2, 0) is 4.79 Å². The minimum atomic E-state index is -0.412. The van der Waals surface area contributed by atoms with E-state index >= 15 is 0 Å². The number of hydrogen-bond donors (Lipinski definition) is 2. The number of hydrogen-bond acceptors (Lipinski definition) is 2. The molecule has 68 valence electrons. The van der Waals surface area contributed by atoms with E-state index in [0.717, 1.165) is 0 Å². The fourth-order valence-corrected chi connectivity index (χ4v) is 0.763. The van der Waals surface area contributed by atoms with Gasteiger partial charge in [-0.2, -0.15) is 0 Å². The molecule has 3 N–H and O–H groups in total. The van der Waals surface area contributed by atoms with Gasteiger partial charge in [0.25, 0.3) is 0 Å². The van der Waals surface area contributed by atoms with Crippen molar-refractivity contribution in [3.8, 4) is 12.3 Å². The van der Waals surface area contributed by atoms with E-state index in [1.165, 1.54) is 0 Å². The molecule has 1 unspecified atom stereocenters. The zero-order valence-corrected chi connectivity index (χ0v) is 7.63. The highest BCUT2D eigenvalue weighted by Crippen LogP contribution is 1.91. The van der Waals surface area contributed by atoms with Crippen LogP contribution in [0.2, 0.25) is 0 Å². The topological polar surface area (TPSA) is 55.1 Å². The van der Waals surface area contributed by atoms with Gasteiger partial charge in [-0.3, -0.25) is 4.79 Å². The van der Waals surface area contributed by atoms with Crippen molar-refractivity contribution in [1.29, 1.82) is 0 Å². The Morgan fingerprint density at radius 3 is 2.75 bits per heavy atom. The van der Waals surface area contributed by atoms with Crippen LogP contribution in [0.5, 0.6) is 0 Å². The van der Waals surface area contributed by atoms with Crippen molar-refractivity contribution in [1.82, 2.24) is 5.32 Å². The molecule has 0 rings (SSSR count). The first-order valence-corrected chi connectivity index (χ1v) is 4.11. The lowest BCUT2D eigenvalue weighted by Gasteiger charge is -2.14. The van der Waals surface area contributed by atoms with Gasteiger partial charge >= 0.3 is 0 Å². The molecule has 0 saturated heterocycles. The summed E-state index contributed by atoms with van der Waals surface area (Å²) in [5.74, 6) is 2.35. The van der Waals surface area contributed by atoms with Gasteiger partial charge in [0.15, 0.2) is 0 Å². The molecule has 0 bridgehead atoms. The molecule has 0 aliphatic rings. The van der Waals surface area contributed by atoms with Crippen molar-refractivity contribution >= 4 is 5.91 Å². The molecule has 0 saturated carbocycles. The smallest absolute Gasteiger partial charge is 0.237 e. The van der Waals surface area contributed by atoms with E-state index in [9.17, 15) is 4.79 Å². The van der Waals surface area contributed by atoms with Crippen LogP contribution in [-0.4, -0.2) is 18.0 Å². The van der Waals surface area contributed by atoms with Crippen LogP contribution in [0, 0.1) is 12.3 Å². The number of amides is 1. The summed E-state index contributed by atoms with van der Waals surface area (Å²) in [6.07, 6.45) is 6.27. The van der Waals surface area contributed by atoms with Gasteiger partial charge < -0.3 is 11.1 Å². The Hall–Kier alpha value is -1.01. The molecule has 0 fully saturated rings. The highest BCUT2D eigenvalue weighted by molar-refractivity contribution is 5.81. The largest absolute Gasteiger partial charge is 0.351 e. The predicted molar refractivity (Wildman–Crippen MR) is 49.3 cm³/mol. The monoisotopic (exact) mass is 168 g/mol. The van der Waals surface area contributed by atoms with Gasteiger partial charge in [-0.15, -0.1) is 12.3 Å².